The summed E-state index contributed by atoms with van der Waals surface area (Å²) in [5.41, 5.74) is 10.6. The van der Waals surface area contributed by atoms with Gasteiger partial charge in [0.25, 0.3) is 5.89 Å². The van der Waals surface area contributed by atoms with Crippen LogP contribution in [0, 0.1) is 13.8 Å². The van der Waals surface area contributed by atoms with Crippen LogP contribution in [0.15, 0.2) is 53.1 Å². The van der Waals surface area contributed by atoms with Crippen LogP contribution in [0.2, 0.25) is 0 Å². The molecule has 0 saturated heterocycles. The average Bonchev–Trinajstić information content (AvgIpc) is 3.25. The number of aromatic nitrogens is 5. The number of aryl methyl sites for hydroxylation is 1. The fourth-order valence-electron chi connectivity index (χ4n) is 2.61. The molecule has 0 saturated carbocycles. The maximum absolute atomic E-state index is 6.24. The number of rotatable bonds is 3. The van der Waals surface area contributed by atoms with Gasteiger partial charge in [-0.1, -0.05) is 52.8 Å². The smallest absolute Gasteiger partial charge is 0.282 e. The van der Waals surface area contributed by atoms with Crippen LogP contribution in [0.5, 0.6) is 0 Å². The molecule has 2 heterocycles. The van der Waals surface area contributed by atoms with Crippen molar-refractivity contribution in [3.05, 3.63) is 59.7 Å². The molecule has 0 spiro atoms. The monoisotopic (exact) mass is 332 g/mol. The summed E-state index contributed by atoms with van der Waals surface area (Å²) in [4.78, 5) is 4.38. The Morgan fingerprint density at radius 1 is 1.00 bits per heavy atom. The number of hydrogen-bond donors (Lipinski definition) is 1. The molecule has 0 atom stereocenters. The van der Waals surface area contributed by atoms with Crippen molar-refractivity contribution in [3.63, 3.8) is 0 Å². The zero-order valence-electron chi connectivity index (χ0n) is 13.8. The third-order valence-corrected chi connectivity index (χ3v) is 4.17. The number of anilines is 1. The van der Waals surface area contributed by atoms with Gasteiger partial charge < -0.3 is 10.3 Å². The second-order valence-corrected chi connectivity index (χ2v) is 5.74. The summed E-state index contributed by atoms with van der Waals surface area (Å²) in [6.45, 7) is 4.06. The molecule has 124 valence electrons. The number of nitrogens with two attached hydrogens (primary N) is 1. The van der Waals surface area contributed by atoms with E-state index in [2.05, 4.69) is 20.5 Å². The average molecular weight is 332 g/mol. The molecule has 2 aromatic heterocycles. The molecule has 7 heteroatoms. The van der Waals surface area contributed by atoms with E-state index in [1.165, 1.54) is 0 Å². The largest absolute Gasteiger partial charge is 0.382 e. The first-order valence-corrected chi connectivity index (χ1v) is 7.82. The highest BCUT2D eigenvalue weighted by Crippen LogP contribution is 2.27. The molecule has 2 N–H and O–H groups in total. The maximum atomic E-state index is 6.24. The van der Waals surface area contributed by atoms with Crippen molar-refractivity contribution in [2.75, 3.05) is 5.73 Å². The highest BCUT2D eigenvalue weighted by atomic mass is 16.5. The van der Waals surface area contributed by atoms with E-state index in [9.17, 15) is 0 Å². The topological polar surface area (TPSA) is 95.6 Å². The first-order chi connectivity index (χ1) is 12.1. The Balaban J connectivity index is 1.75. The lowest BCUT2D eigenvalue weighted by molar-refractivity contribution is 0.431. The van der Waals surface area contributed by atoms with Crippen LogP contribution in [-0.2, 0) is 0 Å². The number of nitrogens with zero attached hydrogens (tertiary/aromatic N) is 5. The van der Waals surface area contributed by atoms with Crippen LogP contribution in [0.1, 0.15) is 11.1 Å². The highest BCUT2D eigenvalue weighted by molar-refractivity contribution is 5.66. The molecule has 7 nitrogen and oxygen atoms in total. The Morgan fingerprint density at radius 3 is 2.60 bits per heavy atom. The minimum absolute atomic E-state index is 0.243. The summed E-state index contributed by atoms with van der Waals surface area (Å²) < 4.78 is 6.92. The molecule has 4 aromatic rings. The molecule has 0 aliphatic rings. The lowest BCUT2D eigenvalue weighted by Crippen LogP contribution is -2.05. The molecular weight excluding hydrogens is 316 g/mol. The van der Waals surface area contributed by atoms with Crippen LogP contribution < -0.4 is 5.73 Å². The summed E-state index contributed by atoms with van der Waals surface area (Å²) in [7, 11) is 0. The number of nitrogen functional groups attached to an aromatic ring is 1. The maximum Gasteiger partial charge on any atom is 0.282 e. The van der Waals surface area contributed by atoms with E-state index in [0.29, 0.717) is 17.3 Å². The van der Waals surface area contributed by atoms with Gasteiger partial charge in [-0.15, -0.1) is 5.10 Å². The first-order valence-electron chi connectivity index (χ1n) is 7.82. The first kappa shape index (κ1) is 15.1. The Hall–Kier alpha value is -3.48. The molecule has 0 unspecified atom stereocenters. The van der Waals surface area contributed by atoms with Crippen molar-refractivity contribution >= 4 is 5.82 Å². The fourth-order valence-corrected chi connectivity index (χ4v) is 2.61. The zero-order valence-corrected chi connectivity index (χ0v) is 13.8. The van der Waals surface area contributed by atoms with Gasteiger partial charge in [-0.25, -0.2) is 0 Å². The number of benzene rings is 2. The molecule has 0 aliphatic heterocycles. The van der Waals surface area contributed by atoms with Gasteiger partial charge in [0.05, 0.1) is 5.69 Å². The van der Waals surface area contributed by atoms with E-state index < -0.39 is 0 Å². The summed E-state index contributed by atoms with van der Waals surface area (Å²) >= 11 is 0. The Bertz CT molecular complexity index is 1030. The summed E-state index contributed by atoms with van der Waals surface area (Å²) in [6, 6.07) is 15.5. The second-order valence-electron chi connectivity index (χ2n) is 5.74. The quantitative estimate of drug-likeness (QED) is 0.619. The van der Waals surface area contributed by atoms with Crippen molar-refractivity contribution in [2.45, 2.75) is 13.8 Å². The molecular formula is C18H16N6O. The van der Waals surface area contributed by atoms with Crippen molar-refractivity contribution in [3.8, 4) is 28.7 Å². The van der Waals surface area contributed by atoms with Gasteiger partial charge in [-0.2, -0.15) is 9.67 Å². The highest BCUT2D eigenvalue weighted by Gasteiger charge is 2.20. The normalized spacial score (nSPS) is 11.0. The van der Waals surface area contributed by atoms with E-state index in [4.69, 9.17) is 10.3 Å². The van der Waals surface area contributed by atoms with E-state index in [-0.39, 0.29) is 5.89 Å². The van der Waals surface area contributed by atoms with E-state index in [1.807, 2.05) is 62.4 Å². The molecule has 2 aromatic carbocycles. The van der Waals surface area contributed by atoms with Crippen molar-refractivity contribution in [1.29, 1.82) is 0 Å². The molecule has 4 rings (SSSR count). The second kappa shape index (κ2) is 5.86. The molecule has 0 fully saturated rings. The predicted molar refractivity (Wildman–Crippen MR) is 94.0 cm³/mol. The van der Waals surface area contributed by atoms with E-state index in [1.54, 1.807) is 4.68 Å². The minimum Gasteiger partial charge on any atom is -0.382 e. The van der Waals surface area contributed by atoms with E-state index in [0.717, 1.165) is 22.4 Å². The van der Waals surface area contributed by atoms with Gasteiger partial charge in [0, 0.05) is 5.56 Å². The van der Waals surface area contributed by atoms with Crippen molar-refractivity contribution in [2.24, 2.45) is 0 Å². The Labute approximate surface area is 144 Å². The van der Waals surface area contributed by atoms with Crippen LogP contribution in [-0.4, -0.2) is 25.1 Å². The molecule has 0 amide bonds. The van der Waals surface area contributed by atoms with Crippen LogP contribution in [0.25, 0.3) is 28.7 Å². The fraction of sp³-hybridized carbons (Fsp3) is 0.111. The van der Waals surface area contributed by atoms with E-state index >= 15 is 0 Å². The van der Waals surface area contributed by atoms with Gasteiger partial charge in [0.15, 0.2) is 11.5 Å². The Kier molecular flexibility index (Phi) is 3.53. The summed E-state index contributed by atoms with van der Waals surface area (Å²) in [5, 5.41) is 12.3. The van der Waals surface area contributed by atoms with Crippen LogP contribution >= 0.6 is 0 Å². The lowest BCUT2D eigenvalue weighted by atomic mass is 10.1. The Morgan fingerprint density at radius 2 is 1.80 bits per heavy atom. The third-order valence-electron chi connectivity index (χ3n) is 4.17. The van der Waals surface area contributed by atoms with Gasteiger partial charge >= 0.3 is 0 Å². The molecule has 0 radical (unpaired) electrons. The number of hydrogen-bond acceptors (Lipinski definition) is 6. The standard InChI is InChI=1S/C18H16N6O/c1-11-7-6-10-14(12(11)2)24-16(19)15(21-23-24)18-20-17(22-25-18)13-8-4-3-5-9-13/h3-10H,19H2,1-2H3. The molecule has 25 heavy (non-hydrogen) atoms. The summed E-state index contributed by atoms with van der Waals surface area (Å²) in [5.74, 6) is 1.08. The van der Waals surface area contributed by atoms with Crippen molar-refractivity contribution < 1.29 is 4.52 Å². The van der Waals surface area contributed by atoms with Crippen LogP contribution in [0.3, 0.4) is 0 Å². The minimum atomic E-state index is 0.243. The zero-order chi connectivity index (χ0) is 17.4. The van der Waals surface area contributed by atoms with Gasteiger partial charge in [-0.3, -0.25) is 0 Å². The van der Waals surface area contributed by atoms with Gasteiger partial charge in [0.2, 0.25) is 5.82 Å². The van der Waals surface area contributed by atoms with Crippen LogP contribution in [0.4, 0.5) is 5.82 Å². The van der Waals surface area contributed by atoms with Gasteiger partial charge in [0.1, 0.15) is 0 Å². The molecule has 0 aliphatic carbocycles. The third kappa shape index (κ3) is 2.55. The molecule has 0 bridgehead atoms. The SMILES string of the molecule is Cc1cccc(-n2nnc(-c3nc(-c4ccccc4)no3)c2N)c1C. The lowest BCUT2D eigenvalue weighted by Gasteiger charge is -2.08. The van der Waals surface area contributed by atoms with Gasteiger partial charge in [-0.05, 0) is 31.0 Å². The summed E-state index contributed by atoms with van der Waals surface area (Å²) in [6.07, 6.45) is 0. The predicted octanol–water partition coefficient (Wildman–Crippen LogP) is 3.18. The van der Waals surface area contributed by atoms with Crippen molar-refractivity contribution in [1.82, 2.24) is 25.1 Å².